The van der Waals surface area contributed by atoms with Crippen LogP contribution in [0.2, 0.25) is 0 Å². The average molecular weight is 304 g/mol. The molecule has 0 fully saturated rings. The maximum absolute atomic E-state index is 12.0. The number of hydrogen-bond acceptors (Lipinski definition) is 5. The van der Waals surface area contributed by atoms with Crippen LogP contribution in [0.1, 0.15) is 17.3 Å². The van der Waals surface area contributed by atoms with Gasteiger partial charge in [0.15, 0.2) is 0 Å². The fraction of sp³-hybridized carbons (Fsp3) is 0.417. The Hall–Kier alpha value is -1.86. The molecule has 112 valence electrons. The number of halogens is 1. The van der Waals surface area contributed by atoms with Crippen LogP contribution in [0.4, 0.5) is 5.69 Å². The van der Waals surface area contributed by atoms with Gasteiger partial charge in [-0.2, -0.15) is 0 Å². The van der Waals surface area contributed by atoms with Crippen molar-refractivity contribution in [2.24, 2.45) is 0 Å². The highest BCUT2D eigenvalue weighted by Gasteiger charge is 2.21. The Labute approximate surface area is 123 Å². The van der Waals surface area contributed by atoms with Gasteiger partial charge in [0, 0.05) is 18.7 Å². The highest BCUT2D eigenvalue weighted by atomic mass is 35.5. The Morgan fingerprint density at radius 2 is 2.15 bits per heavy atom. The third kappa shape index (κ3) is 4.67. The average Bonchev–Trinajstić information content (AvgIpc) is 2.43. The monoisotopic (exact) mass is 303 g/mol. The number of nitro benzene ring substituents is 1. The van der Waals surface area contributed by atoms with E-state index in [1.165, 1.54) is 25.3 Å². The molecule has 0 aliphatic rings. The minimum absolute atomic E-state index is 0. The van der Waals surface area contributed by atoms with Crippen LogP contribution < -0.4 is 15.4 Å². The van der Waals surface area contributed by atoms with E-state index in [2.05, 4.69) is 10.6 Å². The number of benzene rings is 1. The normalized spacial score (nSPS) is 11.2. The summed E-state index contributed by atoms with van der Waals surface area (Å²) in [6, 6.07) is 4.14. The molecule has 0 aromatic heterocycles. The predicted molar refractivity (Wildman–Crippen MR) is 77.8 cm³/mol. The van der Waals surface area contributed by atoms with E-state index in [-0.39, 0.29) is 29.7 Å². The minimum Gasteiger partial charge on any atom is -0.497 e. The number of ether oxygens (including phenoxy) is 1. The number of nitro groups is 1. The Balaban J connectivity index is 0.00000361. The summed E-state index contributed by atoms with van der Waals surface area (Å²) in [5, 5.41) is 16.5. The number of likely N-dealkylation sites (N-methyl/N-ethyl adjacent to an activating group) is 1. The van der Waals surface area contributed by atoms with Gasteiger partial charge in [-0.1, -0.05) is 0 Å². The maximum Gasteiger partial charge on any atom is 0.282 e. The number of amides is 1. The number of nitrogens with one attached hydrogen (secondary N) is 2. The molecular formula is C12H18ClN3O4. The lowest BCUT2D eigenvalue weighted by Crippen LogP contribution is -2.37. The zero-order valence-electron chi connectivity index (χ0n) is 11.5. The number of hydrogen-bond donors (Lipinski definition) is 2. The van der Waals surface area contributed by atoms with Crippen molar-refractivity contribution in [2.75, 3.05) is 20.7 Å². The Morgan fingerprint density at radius 1 is 1.50 bits per heavy atom. The van der Waals surface area contributed by atoms with Crippen LogP contribution in [0, 0.1) is 10.1 Å². The number of nitrogens with zero attached hydrogens (tertiary/aromatic N) is 1. The van der Waals surface area contributed by atoms with Crippen LogP contribution in [0.3, 0.4) is 0 Å². The van der Waals surface area contributed by atoms with Crippen molar-refractivity contribution < 1.29 is 14.5 Å². The number of methoxy groups -OCH3 is 1. The van der Waals surface area contributed by atoms with Gasteiger partial charge in [0.2, 0.25) is 0 Å². The molecule has 7 nitrogen and oxygen atoms in total. The summed E-state index contributed by atoms with van der Waals surface area (Å²) in [5.41, 5.74) is -0.247. The van der Waals surface area contributed by atoms with E-state index < -0.39 is 10.8 Å². The molecule has 0 aliphatic heterocycles. The first kappa shape index (κ1) is 18.1. The molecule has 8 heteroatoms. The third-order valence-corrected chi connectivity index (χ3v) is 2.71. The van der Waals surface area contributed by atoms with Gasteiger partial charge in [-0.05, 0) is 26.1 Å². The second-order valence-corrected chi connectivity index (χ2v) is 4.04. The van der Waals surface area contributed by atoms with Crippen LogP contribution in [0.25, 0.3) is 0 Å². The highest BCUT2D eigenvalue weighted by molar-refractivity contribution is 5.98. The first-order chi connectivity index (χ1) is 8.99. The summed E-state index contributed by atoms with van der Waals surface area (Å²) in [5.74, 6) is -0.0925. The second-order valence-electron chi connectivity index (χ2n) is 4.04. The van der Waals surface area contributed by atoms with Crippen molar-refractivity contribution in [3.8, 4) is 5.75 Å². The topological polar surface area (TPSA) is 93.5 Å². The van der Waals surface area contributed by atoms with Gasteiger partial charge in [0.1, 0.15) is 11.3 Å². The molecule has 0 heterocycles. The number of rotatable bonds is 6. The molecule has 1 aromatic carbocycles. The van der Waals surface area contributed by atoms with Crippen molar-refractivity contribution in [3.05, 3.63) is 33.9 Å². The standard InChI is InChI=1S/C12H17N3O4.ClH/c1-8(13-2)7-14-12(16)10-6-9(19-3)4-5-11(10)15(17)18;/h4-6,8,13H,7H2,1-3H3,(H,14,16);1H. The van der Waals surface area contributed by atoms with E-state index in [0.29, 0.717) is 12.3 Å². The van der Waals surface area contributed by atoms with Gasteiger partial charge >= 0.3 is 0 Å². The summed E-state index contributed by atoms with van der Waals surface area (Å²) in [6.07, 6.45) is 0. The largest absolute Gasteiger partial charge is 0.497 e. The quantitative estimate of drug-likeness (QED) is 0.611. The SMILES string of the molecule is CNC(C)CNC(=O)c1cc(OC)ccc1[N+](=O)[O-].Cl. The van der Waals surface area contributed by atoms with E-state index in [1.807, 2.05) is 6.92 Å². The highest BCUT2D eigenvalue weighted by Crippen LogP contribution is 2.23. The summed E-state index contributed by atoms with van der Waals surface area (Å²) in [7, 11) is 3.21. The van der Waals surface area contributed by atoms with Gasteiger partial charge in [-0.3, -0.25) is 14.9 Å². The van der Waals surface area contributed by atoms with Gasteiger partial charge in [0.25, 0.3) is 11.6 Å². The van der Waals surface area contributed by atoms with Crippen LogP contribution in [-0.2, 0) is 0 Å². The van der Waals surface area contributed by atoms with E-state index in [1.54, 1.807) is 7.05 Å². The molecule has 0 saturated carbocycles. The lowest BCUT2D eigenvalue weighted by atomic mass is 10.1. The lowest BCUT2D eigenvalue weighted by Gasteiger charge is -2.12. The molecule has 1 rings (SSSR count). The molecule has 0 bridgehead atoms. The molecule has 1 amide bonds. The van der Waals surface area contributed by atoms with Gasteiger partial charge in [-0.25, -0.2) is 0 Å². The Morgan fingerprint density at radius 3 is 2.65 bits per heavy atom. The smallest absolute Gasteiger partial charge is 0.282 e. The van der Waals surface area contributed by atoms with E-state index in [4.69, 9.17) is 4.74 Å². The fourth-order valence-electron chi connectivity index (χ4n) is 1.43. The fourth-order valence-corrected chi connectivity index (χ4v) is 1.43. The third-order valence-electron chi connectivity index (χ3n) is 2.71. The molecule has 20 heavy (non-hydrogen) atoms. The van der Waals surface area contributed by atoms with Crippen molar-refractivity contribution >= 4 is 24.0 Å². The minimum atomic E-state index is -0.587. The molecule has 0 aliphatic carbocycles. The van der Waals surface area contributed by atoms with E-state index >= 15 is 0 Å². The zero-order chi connectivity index (χ0) is 14.4. The second kappa shape index (κ2) is 8.34. The Kier molecular flexibility index (Phi) is 7.56. The van der Waals surface area contributed by atoms with Crippen molar-refractivity contribution in [1.29, 1.82) is 0 Å². The molecule has 1 aromatic rings. The summed E-state index contributed by atoms with van der Waals surface area (Å²) < 4.78 is 4.97. The van der Waals surface area contributed by atoms with Crippen LogP contribution >= 0.6 is 12.4 Å². The lowest BCUT2D eigenvalue weighted by molar-refractivity contribution is -0.385. The molecular weight excluding hydrogens is 286 g/mol. The van der Waals surface area contributed by atoms with E-state index in [0.717, 1.165) is 0 Å². The summed E-state index contributed by atoms with van der Waals surface area (Å²) >= 11 is 0. The zero-order valence-corrected chi connectivity index (χ0v) is 12.3. The summed E-state index contributed by atoms with van der Waals surface area (Å²) in [6.45, 7) is 2.27. The first-order valence-electron chi connectivity index (χ1n) is 5.77. The Bertz CT molecular complexity index is 482. The number of carbonyl (C=O) groups is 1. The molecule has 1 atom stereocenters. The molecule has 0 saturated heterocycles. The molecule has 0 spiro atoms. The maximum atomic E-state index is 12.0. The van der Waals surface area contributed by atoms with E-state index in [9.17, 15) is 14.9 Å². The van der Waals surface area contributed by atoms with Gasteiger partial charge < -0.3 is 15.4 Å². The predicted octanol–water partition coefficient (Wildman–Crippen LogP) is 1.36. The van der Waals surface area contributed by atoms with Gasteiger partial charge in [0.05, 0.1) is 12.0 Å². The van der Waals surface area contributed by atoms with Gasteiger partial charge in [-0.15, -0.1) is 12.4 Å². The van der Waals surface area contributed by atoms with Crippen molar-refractivity contribution in [3.63, 3.8) is 0 Å². The first-order valence-corrected chi connectivity index (χ1v) is 5.77. The van der Waals surface area contributed by atoms with Crippen molar-refractivity contribution in [1.82, 2.24) is 10.6 Å². The molecule has 0 radical (unpaired) electrons. The molecule has 2 N–H and O–H groups in total. The van der Waals surface area contributed by atoms with Crippen LogP contribution in [-0.4, -0.2) is 37.6 Å². The number of carbonyl (C=O) groups excluding carboxylic acids is 1. The molecule has 1 unspecified atom stereocenters. The van der Waals surface area contributed by atoms with Crippen LogP contribution in [0.5, 0.6) is 5.75 Å². The van der Waals surface area contributed by atoms with Crippen LogP contribution in [0.15, 0.2) is 18.2 Å². The summed E-state index contributed by atoms with van der Waals surface area (Å²) in [4.78, 5) is 22.3. The van der Waals surface area contributed by atoms with Crippen molar-refractivity contribution in [2.45, 2.75) is 13.0 Å².